The Balaban J connectivity index is 2.94. The van der Waals surface area contributed by atoms with Crippen molar-refractivity contribution < 1.29 is 8.42 Å². The zero-order valence-electron chi connectivity index (χ0n) is 8.03. The second kappa shape index (κ2) is 4.30. The molecule has 0 aliphatic rings. The van der Waals surface area contributed by atoms with E-state index >= 15 is 0 Å². The van der Waals surface area contributed by atoms with Gasteiger partial charge in [0.1, 0.15) is 0 Å². The molecule has 1 aromatic rings. The predicted octanol–water partition coefficient (Wildman–Crippen LogP) is 1.79. The highest BCUT2D eigenvalue weighted by Gasteiger charge is 2.12. The van der Waals surface area contributed by atoms with E-state index in [2.05, 4.69) is 5.92 Å². The molecule has 1 rings (SSSR count). The highest BCUT2D eigenvalue weighted by molar-refractivity contribution is 7.91. The molecule has 0 aliphatic heterocycles. The first-order valence-corrected chi connectivity index (χ1v) is 5.94. The molecule has 0 unspecified atom stereocenters. The molecule has 0 bridgehead atoms. The molecular formula is C11H12O2S. The van der Waals surface area contributed by atoms with E-state index in [9.17, 15) is 8.42 Å². The number of aryl methyl sites for hydroxylation is 1. The van der Waals surface area contributed by atoms with E-state index in [1.54, 1.807) is 24.3 Å². The summed E-state index contributed by atoms with van der Waals surface area (Å²) in [7, 11) is -3.18. The van der Waals surface area contributed by atoms with E-state index in [4.69, 9.17) is 6.42 Å². The highest BCUT2D eigenvalue weighted by Crippen LogP contribution is 2.12. The summed E-state index contributed by atoms with van der Waals surface area (Å²) in [5.41, 5.74) is 1.04. The normalized spacial score (nSPS) is 10.9. The Kier molecular flexibility index (Phi) is 3.32. The van der Waals surface area contributed by atoms with Gasteiger partial charge in [0.15, 0.2) is 9.84 Å². The van der Waals surface area contributed by atoms with Crippen LogP contribution in [-0.2, 0) is 9.84 Å². The van der Waals surface area contributed by atoms with E-state index in [1.807, 2.05) is 6.92 Å². The Morgan fingerprint density at radius 3 is 2.36 bits per heavy atom. The third kappa shape index (κ3) is 2.61. The van der Waals surface area contributed by atoms with Crippen molar-refractivity contribution in [1.29, 1.82) is 0 Å². The molecular weight excluding hydrogens is 196 g/mol. The summed E-state index contributed by atoms with van der Waals surface area (Å²) in [4.78, 5) is 0.346. The lowest BCUT2D eigenvalue weighted by molar-refractivity contribution is 0.596. The van der Waals surface area contributed by atoms with Crippen LogP contribution in [0, 0.1) is 19.3 Å². The van der Waals surface area contributed by atoms with Crippen LogP contribution in [0.15, 0.2) is 29.2 Å². The largest absolute Gasteiger partial charge is 0.224 e. The van der Waals surface area contributed by atoms with Crippen LogP contribution in [0.1, 0.15) is 12.0 Å². The number of sulfone groups is 1. The Labute approximate surface area is 84.9 Å². The molecule has 0 atom stereocenters. The van der Waals surface area contributed by atoms with Crippen LogP contribution in [0.2, 0.25) is 0 Å². The van der Waals surface area contributed by atoms with Crippen molar-refractivity contribution >= 4 is 9.84 Å². The molecule has 0 saturated heterocycles. The van der Waals surface area contributed by atoms with Gasteiger partial charge in [0.05, 0.1) is 10.6 Å². The minimum Gasteiger partial charge on any atom is -0.224 e. The molecule has 3 heteroatoms. The summed E-state index contributed by atoms with van der Waals surface area (Å²) in [5.74, 6) is 2.35. The topological polar surface area (TPSA) is 34.1 Å². The Hall–Kier alpha value is -1.27. The molecule has 0 aromatic heterocycles. The van der Waals surface area contributed by atoms with E-state index in [0.29, 0.717) is 4.90 Å². The lowest BCUT2D eigenvalue weighted by Crippen LogP contribution is -2.05. The summed E-state index contributed by atoms with van der Waals surface area (Å²) in [6.07, 6.45) is 5.28. The van der Waals surface area contributed by atoms with Crippen molar-refractivity contribution in [2.24, 2.45) is 0 Å². The van der Waals surface area contributed by atoms with Gasteiger partial charge in [-0.3, -0.25) is 0 Å². The number of hydrogen-bond acceptors (Lipinski definition) is 2. The summed E-state index contributed by atoms with van der Waals surface area (Å²) >= 11 is 0. The van der Waals surface area contributed by atoms with Gasteiger partial charge >= 0.3 is 0 Å². The molecule has 0 radical (unpaired) electrons. The lowest BCUT2D eigenvalue weighted by atomic mass is 10.2. The first-order chi connectivity index (χ1) is 6.56. The SMILES string of the molecule is C#CCCS(=O)(=O)c1ccc(C)cc1. The van der Waals surface area contributed by atoms with Gasteiger partial charge in [-0.2, -0.15) is 0 Å². The van der Waals surface area contributed by atoms with Gasteiger partial charge in [0.2, 0.25) is 0 Å². The van der Waals surface area contributed by atoms with Crippen molar-refractivity contribution in [1.82, 2.24) is 0 Å². The first kappa shape index (κ1) is 10.8. The maximum Gasteiger partial charge on any atom is 0.179 e. The Morgan fingerprint density at radius 2 is 1.86 bits per heavy atom. The summed E-state index contributed by atoms with van der Waals surface area (Å²) in [6.45, 7) is 1.91. The number of hydrogen-bond donors (Lipinski definition) is 0. The highest BCUT2D eigenvalue weighted by atomic mass is 32.2. The van der Waals surface area contributed by atoms with Gasteiger partial charge < -0.3 is 0 Å². The van der Waals surface area contributed by atoms with E-state index in [0.717, 1.165) is 5.56 Å². The van der Waals surface area contributed by atoms with Crippen LogP contribution in [0.3, 0.4) is 0 Å². The minimum absolute atomic E-state index is 0.0204. The van der Waals surface area contributed by atoms with Crippen LogP contribution < -0.4 is 0 Å². The zero-order valence-corrected chi connectivity index (χ0v) is 8.84. The lowest BCUT2D eigenvalue weighted by Gasteiger charge is -2.01. The maximum atomic E-state index is 11.6. The fraction of sp³-hybridized carbons (Fsp3) is 0.273. The van der Waals surface area contributed by atoms with Crippen LogP contribution in [0.4, 0.5) is 0 Å². The number of benzene rings is 1. The Morgan fingerprint density at radius 1 is 1.29 bits per heavy atom. The fourth-order valence-electron chi connectivity index (χ4n) is 1.06. The molecule has 0 heterocycles. The molecule has 0 fully saturated rings. The molecule has 0 N–H and O–H groups in total. The maximum absolute atomic E-state index is 11.6. The summed E-state index contributed by atoms with van der Waals surface area (Å²) < 4.78 is 23.2. The molecule has 14 heavy (non-hydrogen) atoms. The minimum atomic E-state index is -3.18. The fourth-order valence-corrected chi connectivity index (χ4v) is 2.23. The third-order valence-corrected chi connectivity index (χ3v) is 3.63. The standard InChI is InChI=1S/C11H12O2S/c1-3-4-9-14(12,13)11-7-5-10(2)6-8-11/h1,5-8H,4,9H2,2H3. The van der Waals surface area contributed by atoms with E-state index < -0.39 is 9.84 Å². The van der Waals surface area contributed by atoms with Crippen LogP contribution in [-0.4, -0.2) is 14.2 Å². The number of terminal acetylenes is 1. The first-order valence-electron chi connectivity index (χ1n) is 4.29. The smallest absolute Gasteiger partial charge is 0.179 e. The monoisotopic (exact) mass is 208 g/mol. The second-order valence-electron chi connectivity index (χ2n) is 3.09. The average molecular weight is 208 g/mol. The van der Waals surface area contributed by atoms with E-state index in [1.165, 1.54) is 0 Å². The zero-order chi connectivity index (χ0) is 10.6. The Bertz CT molecular complexity index is 435. The second-order valence-corrected chi connectivity index (χ2v) is 5.20. The predicted molar refractivity (Wildman–Crippen MR) is 56.7 cm³/mol. The third-order valence-electron chi connectivity index (χ3n) is 1.90. The molecule has 0 spiro atoms. The molecule has 74 valence electrons. The van der Waals surface area contributed by atoms with Crippen LogP contribution in [0.5, 0.6) is 0 Å². The molecule has 2 nitrogen and oxygen atoms in total. The van der Waals surface area contributed by atoms with Crippen molar-refractivity contribution in [2.75, 3.05) is 5.75 Å². The molecule has 0 amide bonds. The van der Waals surface area contributed by atoms with Crippen LogP contribution in [0.25, 0.3) is 0 Å². The van der Waals surface area contributed by atoms with Gasteiger partial charge in [-0.1, -0.05) is 17.7 Å². The van der Waals surface area contributed by atoms with Gasteiger partial charge in [-0.05, 0) is 19.1 Å². The van der Waals surface area contributed by atoms with Gasteiger partial charge in [-0.15, -0.1) is 12.3 Å². The quantitative estimate of drug-likeness (QED) is 0.710. The van der Waals surface area contributed by atoms with Gasteiger partial charge in [0, 0.05) is 6.42 Å². The molecule has 1 aromatic carbocycles. The molecule has 0 aliphatic carbocycles. The van der Waals surface area contributed by atoms with Crippen molar-refractivity contribution in [3.05, 3.63) is 29.8 Å². The van der Waals surface area contributed by atoms with E-state index in [-0.39, 0.29) is 12.2 Å². The van der Waals surface area contributed by atoms with Crippen molar-refractivity contribution in [2.45, 2.75) is 18.2 Å². The summed E-state index contributed by atoms with van der Waals surface area (Å²) in [5, 5.41) is 0. The van der Waals surface area contributed by atoms with Crippen molar-refractivity contribution in [3.8, 4) is 12.3 Å². The van der Waals surface area contributed by atoms with Gasteiger partial charge in [0.25, 0.3) is 0 Å². The van der Waals surface area contributed by atoms with Gasteiger partial charge in [-0.25, -0.2) is 8.42 Å². The average Bonchev–Trinajstić information content (AvgIpc) is 2.16. The molecule has 0 saturated carbocycles. The van der Waals surface area contributed by atoms with Crippen LogP contribution >= 0.6 is 0 Å². The summed E-state index contributed by atoms with van der Waals surface area (Å²) in [6, 6.07) is 6.79. The number of rotatable bonds is 3. The van der Waals surface area contributed by atoms with Crippen molar-refractivity contribution in [3.63, 3.8) is 0 Å².